The molecule has 1 saturated heterocycles. The molecule has 0 aromatic rings. The van der Waals surface area contributed by atoms with Gasteiger partial charge in [0, 0.05) is 25.6 Å². The van der Waals surface area contributed by atoms with Gasteiger partial charge in [-0.1, -0.05) is 20.8 Å². The Morgan fingerprint density at radius 1 is 1.16 bits per heavy atom. The number of hydrogen-bond donors (Lipinski definition) is 0. The van der Waals surface area contributed by atoms with Crippen molar-refractivity contribution >= 4 is 0 Å². The van der Waals surface area contributed by atoms with Crippen LogP contribution in [-0.2, 0) is 4.74 Å². The predicted octanol–water partition coefficient (Wildman–Crippen LogP) is 4.92. The number of halogens is 3. The fraction of sp³-hybridized carbons (Fsp3) is 0.947. The third kappa shape index (κ3) is 3.83. The minimum absolute atomic E-state index is 0.0269. The molecule has 0 aromatic heterocycles. The van der Waals surface area contributed by atoms with Crippen molar-refractivity contribution in [3.8, 4) is 6.07 Å². The number of nitrogens with zero attached hydrogens (tertiary/aromatic N) is 2. The van der Waals surface area contributed by atoms with Crippen molar-refractivity contribution in [2.75, 3.05) is 13.1 Å². The molecule has 0 N–H and O–H groups in total. The number of ether oxygens (including phenoxy) is 1. The maximum absolute atomic E-state index is 13.4. The van der Waals surface area contributed by atoms with Crippen LogP contribution in [0.5, 0.6) is 0 Å². The molecule has 144 valence electrons. The second-order valence-electron chi connectivity index (χ2n) is 9.16. The Morgan fingerprint density at radius 3 is 2.04 bits per heavy atom. The van der Waals surface area contributed by atoms with E-state index in [2.05, 4.69) is 26.8 Å². The molecule has 0 atom stereocenters. The summed E-state index contributed by atoms with van der Waals surface area (Å²) in [6.45, 7) is 9.66. The third-order valence-corrected chi connectivity index (χ3v) is 6.33. The third-order valence-electron chi connectivity index (χ3n) is 6.33. The lowest BCUT2D eigenvalue weighted by Crippen LogP contribution is -2.73. The van der Waals surface area contributed by atoms with Crippen LogP contribution in [0, 0.1) is 22.2 Å². The molecule has 0 spiro atoms. The predicted molar refractivity (Wildman–Crippen MR) is 91.0 cm³/mol. The van der Waals surface area contributed by atoms with Gasteiger partial charge < -0.3 is 4.74 Å². The molecule has 1 aliphatic heterocycles. The molecule has 2 aliphatic rings. The summed E-state index contributed by atoms with van der Waals surface area (Å²) in [5, 5.41) is 9.22. The quantitative estimate of drug-likeness (QED) is 0.714. The summed E-state index contributed by atoms with van der Waals surface area (Å²) in [7, 11) is 0. The average Bonchev–Trinajstić information content (AvgIpc) is 2.41. The van der Waals surface area contributed by atoms with Crippen LogP contribution in [0.15, 0.2) is 0 Å². The number of likely N-dealkylation sites (tertiary alicyclic amines) is 1. The smallest absolute Gasteiger partial charge is 0.360 e. The van der Waals surface area contributed by atoms with Crippen LogP contribution >= 0.6 is 0 Å². The molecule has 0 unspecified atom stereocenters. The number of alkyl halides is 3. The summed E-state index contributed by atoms with van der Waals surface area (Å²) in [5.74, 6) is 0. The fourth-order valence-electron chi connectivity index (χ4n) is 4.50. The topological polar surface area (TPSA) is 36.3 Å². The Labute approximate surface area is 149 Å². The molecular formula is C19H31F3N2O. The molecule has 0 aromatic carbocycles. The van der Waals surface area contributed by atoms with E-state index in [0.29, 0.717) is 6.42 Å². The van der Waals surface area contributed by atoms with Gasteiger partial charge in [-0.2, -0.15) is 18.4 Å². The highest BCUT2D eigenvalue weighted by atomic mass is 19.4. The molecule has 2 rings (SSSR count). The molecule has 3 nitrogen and oxygen atoms in total. The first kappa shape index (κ1) is 20.5. The summed E-state index contributed by atoms with van der Waals surface area (Å²) in [6.07, 6.45) is -0.752. The van der Waals surface area contributed by atoms with E-state index in [4.69, 9.17) is 4.74 Å². The Hall–Kier alpha value is -0.800. The summed E-state index contributed by atoms with van der Waals surface area (Å²) >= 11 is 0. The number of rotatable bonds is 4. The molecule has 0 bridgehead atoms. The van der Waals surface area contributed by atoms with Gasteiger partial charge in [-0.05, 0) is 50.4 Å². The van der Waals surface area contributed by atoms with E-state index < -0.39 is 17.9 Å². The van der Waals surface area contributed by atoms with Gasteiger partial charge in [-0.3, -0.25) is 4.90 Å². The van der Waals surface area contributed by atoms with Crippen LogP contribution in [0.1, 0.15) is 66.7 Å². The van der Waals surface area contributed by atoms with Crippen LogP contribution in [0.4, 0.5) is 13.2 Å². The SMILES string of the molecule is CC(C)OC1(C(F)(F)F)CN([C@H]2CC[C@](CC#N)(C(C)(C)C)CC2)C1. The lowest BCUT2D eigenvalue weighted by atomic mass is 9.57. The molecule has 1 saturated carbocycles. The standard InChI is InChI=1S/C19H31F3N2O/c1-14(2)25-18(19(20,21)22)12-24(13-18)15-6-8-17(9-7-15,10-11-23)16(3,4)5/h14-15H,6-10,12-13H2,1-5H3/t15-,17-. The molecule has 0 amide bonds. The molecule has 6 heteroatoms. The van der Waals surface area contributed by atoms with Gasteiger partial charge in [0.2, 0.25) is 0 Å². The van der Waals surface area contributed by atoms with E-state index >= 15 is 0 Å². The highest BCUT2D eigenvalue weighted by Gasteiger charge is 2.64. The summed E-state index contributed by atoms with van der Waals surface area (Å²) in [4.78, 5) is 1.93. The van der Waals surface area contributed by atoms with Gasteiger partial charge in [-0.15, -0.1) is 0 Å². The summed E-state index contributed by atoms with van der Waals surface area (Å²) in [6, 6.07) is 2.50. The van der Waals surface area contributed by atoms with Gasteiger partial charge in [0.15, 0.2) is 5.60 Å². The van der Waals surface area contributed by atoms with Crippen LogP contribution in [0.2, 0.25) is 0 Å². The van der Waals surface area contributed by atoms with Gasteiger partial charge in [-0.25, -0.2) is 0 Å². The zero-order valence-corrected chi connectivity index (χ0v) is 16.0. The Kier molecular flexibility index (Phi) is 5.53. The zero-order chi connectivity index (χ0) is 19.1. The van der Waals surface area contributed by atoms with Gasteiger partial charge in [0.05, 0.1) is 12.2 Å². The molecule has 1 heterocycles. The van der Waals surface area contributed by atoms with Gasteiger partial charge in [0.25, 0.3) is 0 Å². The van der Waals surface area contributed by atoms with Crippen LogP contribution in [0.25, 0.3) is 0 Å². The molecule has 2 fully saturated rings. The van der Waals surface area contributed by atoms with Crippen molar-refractivity contribution < 1.29 is 17.9 Å². The van der Waals surface area contributed by atoms with E-state index in [1.54, 1.807) is 13.8 Å². The lowest BCUT2D eigenvalue weighted by molar-refractivity contribution is -0.332. The van der Waals surface area contributed by atoms with Crippen LogP contribution in [-0.4, -0.2) is 41.9 Å². The van der Waals surface area contributed by atoms with E-state index in [-0.39, 0.29) is 30.0 Å². The van der Waals surface area contributed by atoms with Crippen molar-refractivity contribution in [3.05, 3.63) is 0 Å². The molecular weight excluding hydrogens is 329 g/mol. The molecule has 25 heavy (non-hydrogen) atoms. The number of hydrogen-bond acceptors (Lipinski definition) is 3. The first-order valence-corrected chi connectivity index (χ1v) is 9.21. The van der Waals surface area contributed by atoms with Crippen molar-refractivity contribution in [2.24, 2.45) is 10.8 Å². The van der Waals surface area contributed by atoms with Crippen molar-refractivity contribution in [3.63, 3.8) is 0 Å². The van der Waals surface area contributed by atoms with Crippen LogP contribution < -0.4 is 0 Å². The Bertz CT molecular complexity index is 502. The first-order valence-electron chi connectivity index (χ1n) is 9.21. The first-order chi connectivity index (χ1) is 11.4. The zero-order valence-electron chi connectivity index (χ0n) is 16.0. The van der Waals surface area contributed by atoms with E-state index in [1.165, 1.54) is 0 Å². The Balaban J connectivity index is 2.00. The minimum atomic E-state index is -4.33. The maximum Gasteiger partial charge on any atom is 0.419 e. The van der Waals surface area contributed by atoms with Gasteiger partial charge in [0.1, 0.15) is 0 Å². The highest BCUT2D eigenvalue weighted by Crippen LogP contribution is 2.53. The van der Waals surface area contributed by atoms with E-state index in [1.807, 2.05) is 4.90 Å². The Morgan fingerprint density at radius 2 is 1.68 bits per heavy atom. The second-order valence-corrected chi connectivity index (χ2v) is 9.16. The van der Waals surface area contributed by atoms with Gasteiger partial charge >= 0.3 is 6.18 Å². The van der Waals surface area contributed by atoms with Crippen molar-refractivity contribution in [2.45, 2.75) is 90.6 Å². The van der Waals surface area contributed by atoms with E-state index in [0.717, 1.165) is 25.7 Å². The number of nitriles is 1. The largest absolute Gasteiger partial charge is 0.419 e. The summed E-state index contributed by atoms with van der Waals surface area (Å²) < 4.78 is 45.6. The second kappa shape index (κ2) is 6.74. The monoisotopic (exact) mass is 360 g/mol. The van der Waals surface area contributed by atoms with Crippen molar-refractivity contribution in [1.29, 1.82) is 5.26 Å². The van der Waals surface area contributed by atoms with E-state index in [9.17, 15) is 18.4 Å². The fourth-order valence-corrected chi connectivity index (χ4v) is 4.50. The average molecular weight is 360 g/mol. The van der Waals surface area contributed by atoms with Crippen molar-refractivity contribution in [1.82, 2.24) is 4.90 Å². The molecule has 1 aliphatic carbocycles. The normalized spacial score (nSPS) is 30.8. The van der Waals surface area contributed by atoms with Crippen LogP contribution in [0.3, 0.4) is 0 Å². The lowest BCUT2D eigenvalue weighted by Gasteiger charge is -2.56. The minimum Gasteiger partial charge on any atom is -0.360 e. The maximum atomic E-state index is 13.4. The highest BCUT2D eigenvalue weighted by molar-refractivity contribution is 5.07. The summed E-state index contributed by atoms with van der Waals surface area (Å²) in [5.41, 5.74) is -2.01. The molecule has 0 radical (unpaired) electrons.